The molecule has 2 aromatic carbocycles. The Morgan fingerprint density at radius 3 is 2.00 bits per heavy atom. The number of amides is 1. The topological polar surface area (TPSA) is 89.7 Å². The number of hydrogen-bond donors (Lipinski definition) is 1. The highest BCUT2D eigenvalue weighted by molar-refractivity contribution is 7.91. The predicted octanol–water partition coefficient (Wildman–Crippen LogP) is 3.81. The fourth-order valence-corrected chi connectivity index (χ4v) is 3.39. The maximum atomic E-state index is 12.5. The van der Waals surface area contributed by atoms with Gasteiger partial charge in [-0.15, -0.1) is 0 Å². The van der Waals surface area contributed by atoms with Gasteiger partial charge in [0.05, 0.1) is 12.9 Å². The molecule has 0 heterocycles. The Morgan fingerprint density at radius 1 is 1.11 bits per heavy atom. The summed E-state index contributed by atoms with van der Waals surface area (Å²) in [6.07, 6.45) is -0.844. The third-order valence-electron chi connectivity index (χ3n) is 3.85. The molecule has 0 bridgehead atoms. The van der Waals surface area contributed by atoms with Crippen molar-refractivity contribution in [1.29, 1.82) is 0 Å². The summed E-state index contributed by atoms with van der Waals surface area (Å²) in [5.74, 6) is 4.66. The van der Waals surface area contributed by atoms with E-state index < -0.39 is 33.2 Å². The summed E-state index contributed by atoms with van der Waals surface area (Å²) in [5, 5.41) is 1.27. The van der Waals surface area contributed by atoms with Gasteiger partial charge in [-0.1, -0.05) is 48.0 Å². The van der Waals surface area contributed by atoms with Gasteiger partial charge in [0.25, 0.3) is 9.84 Å². The number of methoxy groups -OCH3 is 1. The minimum absolute atomic E-state index is 0.0578. The molecule has 0 saturated heterocycles. The zero-order valence-corrected chi connectivity index (χ0v) is 16.1. The van der Waals surface area contributed by atoms with E-state index in [9.17, 15) is 26.4 Å². The number of rotatable bonds is 5. The second kappa shape index (κ2) is 8.38. The summed E-state index contributed by atoms with van der Waals surface area (Å²) in [5.41, 5.74) is -4.40. The monoisotopic (exact) mass is 436 g/mol. The van der Waals surface area contributed by atoms with Crippen LogP contribution in [0.3, 0.4) is 0 Å². The minimum Gasteiger partial charge on any atom is -0.452 e. The van der Waals surface area contributed by atoms with E-state index >= 15 is 0 Å². The maximum Gasteiger partial charge on any atom is 0.497 e. The van der Waals surface area contributed by atoms with Crippen LogP contribution in [0.15, 0.2) is 48.5 Å². The molecular weight excluding hydrogens is 421 g/mol. The van der Waals surface area contributed by atoms with E-state index in [4.69, 9.17) is 17.4 Å². The van der Waals surface area contributed by atoms with Crippen LogP contribution in [-0.4, -0.2) is 32.1 Å². The summed E-state index contributed by atoms with van der Waals surface area (Å²) in [6, 6.07) is 10.8. The van der Waals surface area contributed by atoms with Crippen LogP contribution in [0.5, 0.6) is 0 Å². The van der Waals surface area contributed by atoms with Crippen molar-refractivity contribution in [1.82, 2.24) is 5.01 Å². The average molecular weight is 437 g/mol. The number of alkyl halides is 3. The molecule has 0 aromatic heterocycles. The molecule has 0 fully saturated rings. The molecule has 0 aliphatic carbocycles. The lowest BCUT2D eigenvalue weighted by Gasteiger charge is -2.27. The first-order chi connectivity index (χ1) is 13.0. The van der Waals surface area contributed by atoms with E-state index in [1.165, 1.54) is 24.3 Å². The first-order valence-electron chi connectivity index (χ1n) is 7.71. The third-order valence-corrected chi connectivity index (χ3v) is 5.52. The Bertz CT molecular complexity index is 932. The molecule has 0 radical (unpaired) electrons. The van der Waals surface area contributed by atoms with Crippen molar-refractivity contribution >= 4 is 27.5 Å². The molecule has 6 nitrogen and oxygen atoms in total. The molecule has 0 saturated carbocycles. The smallest absolute Gasteiger partial charge is 0.452 e. The van der Waals surface area contributed by atoms with Crippen LogP contribution in [0.1, 0.15) is 22.7 Å². The maximum absolute atomic E-state index is 12.5. The largest absolute Gasteiger partial charge is 0.497 e. The van der Waals surface area contributed by atoms with E-state index in [0.29, 0.717) is 16.1 Å². The van der Waals surface area contributed by atoms with Crippen molar-refractivity contribution in [2.45, 2.75) is 17.3 Å². The molecule has 0 spiro atoms. The fraction of sp³-hybridized carbons (Fsp3) is 0.235. The number of halogens is 4. The van der Waals surface area contributed by atoms with Crippen molar-refractivity contribution in [2.24, 2.45) is 5.84 Å². The molecule has 2 N–H and O–H groups in total. The number of hydrogen-bond acceptors (Lipinski definition) is 5. The molecule has 0 aliphatic rings. The Hall–Kier alpha value is -2.30. The van der Waals surface area contributed by atoms with E-state index in [1.807, 2.05) is 0 Å². The normalized spacial score (nSPS) is 13.1. The van der Waals surface area contributed by atoms with Gasteiger partial charge in [0.15, 0.2) is 0 Å². The zero-order chi connectivity index (χ0) is 21.1. The van der Waals surface area contributed by atoms with Gasteiger partial charge in [0, 0.05) is 5.02 Å². The zero-order valence-electron chi connectivity index (χ0n) is 14.5. The SMILES string of the molecule is COC(=O)N(N)C(c1ccc(Cl)cc1)c1ccc(CS(=O)(=O)C(F)(F)F)cc1. The van der Waals surface area contributed by atoms with Crippen molar-refractivity contribution in [2.75, 3.05) is 7.11 Å². The lowest BCUT2D eigenvalue weighted by Crippen LogP contribution is -2.41. The molecule has 11 heteroatoms. The van der Waals surface area contributed by atoms with Gasteiger partial charge < -0.3 is 4.74 Å². The number of ether oxygens (including phenoxy) is 1. The van der Waals surface area contributed by atoms with Gasteiger partial charge in [0.1, 0.15) is 6.04 Å². The summed E-state index contributed by atoms with van der Waals surface area (Å²) >= 11 is 5.87. The third kappa shape index (κ3) is 4.94. The first kappa shape index (κ1) is 22.0. The fourth-order valence-electron chi connectivity index (χ4n) is 2.47. The summed E-state index contributed by atoms with van der Waals surface area (Å²) in [6.45, 7) is 0. The average Bonchev–Trinajstić information content (AvgIpc) is 2.63. The molecule has 0 aliphatic heterocycles. The van der Waals surface area contributed by atoms with E-state index in [2.05, 4.69) is 4.74 Å². The molecule has 1 amide bonds. The molecule has 28 heavy (non-hydrogen) atoms. The van der Waals surface area contributed by atoms with Crippen molar-refractivity contribution in [3.05, 3.63) is 70.2 Å². The highest BCUT2D eigenvalue weighted by Gasteiger charge is 2.45. The lowest BCUT2D eigenvalue weighted by molar-refractivity contribution is -0.0437. The Labute approximate surface area is 164 Å². The molecule has 2 rings (SSSR count). The van der Waals surface area contributed by atoms with Crippen LogP contribution in [0.25, 0.3) is 0 Å². The number of carbonyl (C=O) groups is 1. The Kier molecular flexibility index (Phi) is 6.58. The standard InChI is InChI=1S/C17H16ClF3N2O4S/c1-27-16(24)23(22)15(13-6-8-14(18)9-7-13)12-4-2-11(3-5-12)10-28(25,26)17(19,20)21/h2-9,15H,10,22H2,1H3. The Balaban J connectivity index is 2.39. The Morgan fingerprint density at radius 2 is 1.57 bits per heavy atom. The number of sulfone groups is 1. The van der Waals surface area contributed by atoms with Gasteiger partial charge >= 0.3 is 11.6 Å². The van der Waals surface area contributed by atoms with E-state index in [1.54, 1.807) is 24.3 Å². The number of nitrogens with two attached hydrogens (primary N) is 1. The van der Waals surface area contributed by atoms with Crippen LogP contribution in [0.4, 0.5) is 18.0 Å². The highest BCUT2D eigenvalue weighted by Crippen LogP contribution is 2.30. The quantitative estimate of drug-likeness (QED) is 0.437. The van der Waals surface area contributed by atoms with Gasteiger partial charge in [-0.25, -0.2) is 24.1 Å². The van der Waals surface area contributed by atoms with Crippen molar-refractivity contribution in [3.8, 4) is 0 Å². The number of hydrazine groups is 1. The van der Waals surface area contributed by atoms with Gasteiger partial charge in [-0.2, -0.15) is 13.2 Å². The molecule has 2 aromatic rings. The van der Waals surface area contributed by atoms with Gasteiger partial charge in [-0.05, 0) is 28.8 Å². The summed E-state index contributed by atoms with van der Waals surface area (Å²) < 4.78 is 64.8. The van der Waals surface area contributed by atoms with Crippen LogP contribution in [0.2, 0.25) is 5.02 Å². The number of carbonyl (C=O) groups excluding carboxylic acids is 1. The van der Waals surface area contributed by atoms with Crippen LogP contribution in [-0.2, 0) is 20.3 Å². The summed E-state index contributed by atoms with van der Waals surface area (Å²) in [4.78, 5) is 11.9. The van der Waals surface area contributed by atoms with Gasteiger partial charge in [-0.3, -0.25) is 0 Å². The van der Waals surface area contributed by atoms with E-state index in [0.717, 1.165) is 12.1 Å². The van der Waals surface area contributed by atoms with Gasteiger partial charge in [0.2, 0.25) is 0 Å². The minimum atomic E-state index is -5.34. The van der Waals surface area contributed by atoms with Crippen molar-refractivity contribution < 1.29 is 31.1 Å². The highest BCUT2D eigenvalue weighted by atomic mass is 35.5. The van der Waals surface area contributed by atoms with Crippen LogP contribution < -0.4 is 5.84 Å². The van der Waals surface area contributed by atoms with Crippen LogP contribution >= 0.6 is 11.6 Å². The second-order valence-electron chi connectivity index (χ2n) is 5.78. The molecule has 1 unspecified atom stereocenters. The lowest BCUT2D eigenvalue weighted by atomic mass is 9.97. The second-order valence-corrected chi connectivity index (χ2v) is 8.20. The molecular formula is C17H16ClF3N2O4S. The number of nitrogens with zero attached hydrogens (tertiary/aromatic N) is 1. The summed E-state index contributed by atoms with van der Waals surface area (Å²) in [7, 11) is -4.15. The van der Waals surface area contributed by atoms with Crippen molar-refractivity contribution in [3.63, 3.8) is 0 Å². The molecule has 1 atom stereocenters. The van der Waals surface area contributed by atoms with Crippen LogP contribution in [0, 0.1) is 0 Å². The predicted molar refractivity (Wildman–Crippen MR) is 96.8 cm³/mol. The van der Waals surface area contributed by atoms with E-state index in [-0.39, 0.29) is 5.56 Å². The first-order valence-corrected chi connectivity index (χ1v) is 9.74. The number of benzene rings is 2. The molecule has 152 valence electrons.